The predicted molar refractivity (Wildman–Crippen MR) is 81.3 cm³/mol. The number of nitro benzene ring substituents is 1. The molecule has 0 saturated carbocycles. The van der Waals surface area contributed by atoms with Crippen molar-refractivity contribution < 1.29 is 4.92 Å². The van der Waals surface area contributed by atoms with Gasteiger partial charge in [0.15, 0.2) is 5.82 Å². The molecule has 1 heterocycles. The van der Waals surface area contributed by atoms with E-state index in [2.05, 4.69) is 32.6 Å². The third kappa shape index (κ3) is 2.84. The Hall–Kier alpha value is -1.28. The van der Waals surface area contributed by atoms with E-state index in [4.69, 9.17) is 11.6 Å². The molecule has 0 radical (unpaired) electrons. The summed E-state index contributed by atoms with van der Waals surface area (Å²) in [7, 11) is 0. The largest absolute Gasteiger partial charge is 0.270 e. The lowest BCUT2D eigenvalue weighted by Gasteiger charge is -2.07. The van der Waals surface area contributed by atoms with Gasteiger partial charge >= 0.3 is 0 Å². The van der Waals surface area contributed by atoms with Crippen molar-refractivity contribution in [3.63, 3.8) is 0 Å². The normalized spacial score (nSPS) is 10.5. The molecule has 19 heavy (non-hydrogen) atoms. The molecule has 0 unspecified atom stereocenters. The molecule has 0 atom stereocenters. The van der Waals surface area contributed by atoms with Crippen molar-refractivity contribution in [3.8, 4) is 11.4 Å². The Morgan fingerprint density at radius 3 is 2.58 bits per heavy atom. The van der Waals surface area contributed by atoms with E-state index < -0.39 is 4.92 Å². The quantitative estimate of drug-likeness (QED) is 0.338. The van der Waals surface area contributed by atoms with E-state index in [1.54, 1.807) is 6.07 Å². The highest BCUT2D eigenvalue weighted by Gasteiger charge is 2.14. The van der Waals surface area contributed by atoms with Crippen molar-refractivity contribution in [2.24, 2.45) is 0 Å². The fourth-order valence-corrected chi connectivity index (χ4v) is 2.07. The summed E-state index contributed by atoms with van der Waals surface area (Å²) < 4.78 is 0.783. The van der Waals surface area contributed by atoms with Crippen LogP contribution in [0, 0.1) is 27.5 Å². The van der Waals surface area contributed by atoms with Crippen LogP contribution in [0.4, 0.5) is 5.69 Å². The number of aromatic nitrogens is 2. The van der Waals surface area contributed by atoms with Gasteiger partial charge in [-0.15, -0.1) is 0 Å². The van der Waals surface area contributed by atoms with Gasteiger partial charge in [-0.1, -0.05) is 17.7 Å². The highest BCUT2D eigenvalue weighted by atomic mass is 127. The lowest BCUT2D eigenvalue weighted by atomic mass is 10.1. The van der Waals surface area contributed by atoms with Gasteiger partial charge in [0.25, 0.3) is 5.69 Å². The molecule has 1 aromatic heterocycles. The van der Waals surface area contributed by atoms with Gasteiger partial charge in [-0.25, -0.2) is 9.97 Å². The monoisotopic (exact) mass is 389 g/mol. The van der Waals surface area contributed by atoms with Gasteiger partial charge in [0.1, 0.15) is 5.15 Å². The Kier molecular flexibility index (Phi) is 4.00. The maximum atomic E-state index is 10.8. The zero-order chi connectivity index (χ0) is 14.2. The molecular weight excluding hydrogens is 381 g/mol. The molecule has 0 spiro atoms. The molecule has 0 aliphatic heterocycles. The average Bonchev–Trinajstić information content (AvgIpc) is 2.35. The van der Waals surface area contributed by atoms with E-state index in [-0.39, 0.29) is 5.69 Å². The van der Waals surface area contributed by atoms with Gasteiger partial charge in [0.05, 0.1) is 14.2 Å². The number of non-ortho nitro benzene ring substituents is 1. The van der Waals surface area contributed by atoms with E-state index in [1.807, 2.05) is 13.8 Å². The lowest BCUT2D eigenvalue weighted by Crippen LogP contribution is -1.99. The third-order valence-electron chi connectivity index (χ3n) is 2.65. The van der Waals surface area contributed by atoms with Crippen LogP contribution < -0.4 is 0 Å². The zero-order valence-corrected chi connectivity index (χ0v) is 13.1. The lowest BCUT2D eigenvalue weighted by molar-refractivity contribution is -0.384. The number of rotatable bonds is 2. The number of benzene rings is 1. The van der Waals surface area contributed by atoms with Crippen LogP contribution in [0.2, 0.25) is 5.15 Å². The van der Waals surface area contributed by atoms with E-state index in [0.717, 1.165) is 14.8 Å². The smallest absolute Gasteiger partial charge is 0.258 e. The molecule has 0 saturated heterocycles. The van der Waals surface area contributed by atoms with Crippen LogP contribution in [0.15, 0.2) is 18.2 Å². The Labute approximate surface area is 128 Å². The first-order valence-electron chi connectivity index (χ1n) is 5.35. The van der Waals surface area contributed by atoms with Gasteiger partial charge in [0.2, 0.25) is 0 Å². The van der Waals surface area contributed by atoms with Gasteiger partial charge < -0.3 is 0 Å². The zero-order valence-electron chi connectivity index (χ0n) is 10.1. The van der Waals surface area contributed by atoms with Crippen LogP contribution >= 0.6 is 34.2 Å². The molecule has 0 fully saturated rings. The van der Waals surface area contributed by atoms with Crippen molar-refractivity contribution in [2.45, 2.75) is 13.8 Å². The Balaban J connectivity index is 2.64. The summed E-state index contributed by atoms with van der Waals surface area (Å²) in [6, 6.07) is 4.60. The van der Waals surface area contributed by atoms with E-state index in [0.29, 0.717) is 16.5 Å². The molecular formula is C12H9ClIN3O2. The molecule has 0 bridgehead atoms. The van der Waals surface area contributed by atoms with E-state index >= 15 is 0 Å². The minimum Gasteiger partial charge on any atom is -0.258 e. The first-order chi connectivity index (χ1) is 8.90. The molecule has 0 N–H and O–H groups in total. The fraction of sp³-hybridized carbons (Fsp3) is 0.167. The second kappa shape index (κ2) is 5.38. The number of halogens is 2. The summed E-state index contributed by atoms with van der Waals surface area (Å²) in [4.78, 5) is 18.9. The molecule has 2 rings (SSSR count). The molecule has 2 aromatic rings. The third-order valence-corrected chi connectivity index (χ3v) is 4.53. The number of nitro groups is 1. The second-order valence-corrected chi connectivity index (χ2v) is 5.43. The highest BCUT2D eigenvalue weighted by molar-refractivity contribution is 14.1. The standard InChI is InChI=1S/C12H9ClIN3O2/c1-6-3-4-8(17(18)19)5-9(6)12-15-7(2)10(14)11(13)16-12/h3-5H,1-2H3. The summed E-state index contributed by atoms with van der Waals surface area (Å²) in [5.41, 5.74) is 2.25. The van der Waals surface area contributed by atoms with Gasteiger partial charge in [-0.2, -0.15) is 0 Å². The van der Waals surface area contributed by atoms with Crippen molar-refractivity contribution in [1.82, 2.24) is 9.97 Å². The van der Waals surface area contributed by atoms with Crippen molar-refractivity contribution >= 4 is 39.9 Å². The maximum absolute atomic E-state index is 10.8. The van der Waals surface area contributed by atoms with Crippen molar-refractivity contribution in [3.05, 3.63) is 48.3 Å². The summed E-state index contributed by atoms with van der Waals surface area (Å²) in [5.74, 6) is 0.407. The molecule has 0 amide bonds. The topological polar surface area (TPSA) is 68.9 Å². The number of hydrogen-bond donors (Lipinski definition) is 0. The van der Waals surface area contributed by atoms with Crippen LogP contribution in [0.5, 0.6) is 0 Å². The predicted octanol–water partition coefficient (Wildman–Crippen LogP) is 3.93. The highest BCUT2D eigenvalue weighted by Crippen LogP contribution is 2.28. The number of nitrogens with zero attached hydrogens (tertiary/aromatic N) is 3. The summed E-state index contributed by atoms with van der Waals surface area (Å²) in [6.07, 6.45) is 0. The molecule has 0 aliphatic rings. The van der Waals surface area contributed by atoms with Gasteiger partial charge in [-0.3, -0.25) is 10.1 Å². The summed E-state index contributed by atoms with van der Waals surface area (Å²) in [6.45, 7) is 3.68. The maximum Gasteiger partial charge on any atom is 0.270 e. The van der Waals surface area contributed by atoms with Gasteiger partial charge in [-0.05, 0) is 42.0 Å². The fourth-order valence-electron chi connectivity index (χ4n) is 1.61. The van der Waals surface area contributed by atoms with Crippen molar-refractivity contribution in [2.75, 3.05) is 0 Å². The Bertz CT molecular complexity index is 653. The van der Waals surface area contributed by atoms with Crippen LogP contribution in [0.1, 0.15) is 11.3 Å². The molecule has 7 heteroatoms. The average molecular weight is 390 g/mol. The van der Waals surface area contributed by atoms with Gasteiger partial charge in [0, 0.05) is 17.7 Å². The van der Waals surface area contributed by atoms with E-state index in [1.165, 1.54) is 12.1 Å². The van der Waals surface area contributed by atoms with Crippen molar-refractivity contribution in [1.29, 1.82) is 0 Å². The minimum absolute atomic E-state index is 0.0107. The molecule has 5 nitrogen and oxygen atoms in total. The second-order valence-electron chi connectivity index (χ2n) is 3.99. The van der Waals surface area contributed by atoms with Crippen LogP contribution in [-0.4, -0.2) is 14.9 Å². The Morgan fingerprint density at radius 1 is 1.32 bits per heavy atom. The Morgan fingerprint density at radius 2 is 2.00 bits per heavy atom. The first kappa shape index (κ1) is 14.1. The van der Waals surface area contributed by atoms with Crippen LogP contribution in [-0.2, 0) is 0 Å². The van der Waals surface area contributed by atoms with Crippen LogP contribution in [0.25, 0.3) is 11.4 Å². The molecule has 1 aromatic carbocycles. The van der Waals surface area contributed by atoms with E-state index in [9.17, 15) is 10.1 Å². The molecule has 0 aliphatic carbocycles. The SMILES string of the molecule is Cc1ccc([N+](=O)[O-])cc1-c1nc(C)c(I)c(Cl)n1. The number of hydrogen-bond acceptors (Lipinski definition) is 4. The summed E-state index contributed by atoms with van der Waals surface area (Å²) in [5, 5.41) is 11.2. The summed E-state index contributed by atoms with van der Waals surface area (Å²) >= 11 is 8.10. The first-order valence-corrected chi connectivity index (χ1v) is 6.81. The minimum atomic E-state index is -0.440. The number of aryl methyl sites for hydroxylation is 2. The molecule has 98 valence electrons. The van der Waals surface area contributed by atoms with Crippen LogP contribution in [0.3, 0.4) is 0 Å².